The zero-order chi connectivity index (χ0) is 10.4. The molecule has 0 bridgehead atoms. The molecular formula is C13H19Si. The quantitative estimate of drug-likeness (QED) is 0.659. The molecule has 0 aromatic heterocycles. The van der Waals surface area contributed by atoms with Gasteiger partial charge in [-0.3, -0.25) is 0 Å². The van der Waals surface area contributed by atoms with Crippen LogP contribution in [0.2, 0.25) is 6.55 Å². The van der Waals surface area contributed by atoms with Crippen molar-refractivity contribution in [2.75, 3.05) is 0 Å². The maximum absolute atomic E-state index is 2.40. The molecule has 1 radical (unpaired) electrons. The summed E-state index contributed by atoms with van der Waals surface area (Å²) in [6.07, 6.45) is 4.77. The van der Waals surface area contributed by atoms with Gasteiger partial charge in [-0.05, 0) is 12.8 Å². The van der Waals surface area contributed by atoms with Gasteiger partial charge in [-0.1, -0.05) is 67.2 Å². The van der Waals surface area contributed by atoms with Crippen LogP contribution >= 0.6 is 0 Å². The Morgan fingerprint density at radius 2 is 1.86 bits per heavy atom. The molecule has 14 heavy (non-hydrogen) atoms. The summed E-state index contributed by atoms with van der Waals surface area (Å²) < 4.78 is 0. The van der Waals surface area contributed by atoms with Crippen LogP contribution in [0.3, 0.4) is 0 Å². The highest BCUT2D eigenvalue weighted by Gasteiger charge is 2.10. The molecule has 0 atom stereocenters. The molecular weight excluding hydrogens is 184 g/mol. The molecule has 0 spiro atoms. The van der Waals surface area contributed by atoms with Crippen LogP contribution in [0.15, 0.2) is 41.6 Å². The lowest BCUT2D eigenvalue weighted by molar-refractivity contribution is 1.12. The predicted octanol–water partition coefficient (Wildman–Crippen LogP) is 3.30. The molecule has 1 heteroatoms. The Morgan fingerprint density at radius 1 is 1.21 bits per heavy atom. The van der Waals surface area contributed by atoms with Crippen molar-refractivity contribution in [3.8, 4) is 0 Å². The Bertz CT molecular complexity index is 287. The summed E-state index contributed by atoms with van der Waals surface area (Å²) in [5, 5.41) is 3.18. The molecule has 1 aromatic carbocycles. The van der Waals surface area contributed by atoms with E-state index in [1.165, 1.54) is 11.6 Å². The minimum Gasteiger partial charge on any atom is -0.0893 e. The highest BCUT2D eigenvalue weighted by molar-refractivity contribution is 6.78. The second kappa shape index (κ2) is 5.81. The van der Waals surface area contributed by atoms with Gasteiger partial charge in [0.2, 0.25) is 0 Å². The minimum absolute atomic E-state index is 0.458. The van der Waals surface area contributed by atoms with Crippen molar-refractivity contribution < 1.29 is 0 Å². The first-order valence-corrected chi connectivity index (χ1v) is 7.38. The monoisotopic (exact) mass is 203 g/mol. The van der Waals surface area contributed by atoms with E-state index in [1.807, 2.05) is 0 Å². The Hall–Kier alpha value is -0.823. The van der Waals surface area contributed by atoms with Crippen molar-refractivity contribution in [1.29, 1.82) is 0 Å². The van der Waals surface area contributed by atoms with Crippen LogP contribution in [0.25, 0.3) is 0 Å². The van der Waals surface area contributed by atoms with E-state index in [0.29, 0.717) is 0 Å². The topological polar surface area (TPSA) is 0 Å². The van der Waals surface area contributed by atoms with E-state index in [0.717, 1.165) is 6.42 Å². The molecule has 0 unspecified atom stereocenters. The summed E-state index contributed by atoms with van der Waals surface area (Å²) in [4.78, 5) is 0. The van der Waals surface area contributed by atoms with Crippen LogP contribution in [-0.2, 0) is 0 Å². The van der Waals surface area contributed by atoms with E-state index in [4.69, 9.17) is 0 Å². The van der Waals surface area contributed by atoms with Gasteiger partial charge in [0.05, 0.1) is 0 Å². The molecule has 0 heterocycles. The highest BCUT2D eigenvalue weighted by Crippen LogP contribution is 2.07. The van der Waals surface area contributed by atoms with Gasteiger partial charge in [0.25, 0.3) is 0 Å². The fourth-order valence-corrected chi connectivity index (χ4v) is 3.79. The molecule has 0 N–H and O–H groups in total. The first-order chi connectivity index (χ1) is 6.79. The lowest BCUT2D eigenvalue weighted by atomic mass is 10.3. The first-order valence-electron chi connectivity index (χ1n) is 5.38. The minimum atomic E-state index is -0.458. The van der Waals surface area contributed by atoms with Crippen LogP contribution in [0.4, 0.5) is 0 Å². The van der Waals surface area contributed by atoms with Crippen molar-refractivity contribution >= 4 is 14.0 Å². The van der Waals surface area contributed by atoms with Gasteiger partial charge in [-0.25, -0.2) is 0 Å². The van der Waals surface area contributed by atoms with E-state index >= 15 is 0 Å². The van der Waals surface area contributed by atoms with Gasteiger partial charge in [-0.15, -0.1) is 0 Å². The van der Waals surface area contributed by atoms with E-state index in [9.17, 15) is 0 Å². The molecule has 1 rings (SSSR count). The summed E-state index contributed by atoms with van der Waals surface area (Å²) in [6, 6.07) is 10.9. The van der Waals surface area contributed by atoms with Crippen molar-refractivity contribution in [2.24, 2.45) is 0 Å². The van der Waals surface area contributed by atoms with Crippen LogP contribution in [0.5, 0.6) is 0 Å². The molecule has 0 aliphatic heterocycles. The van der Waals surface area contributed by atoms with Gasteiger partial charge < -0.3 is 0 Å². The molecule has 0 aliphatic carbocycles. The maximum atomic E-state index is 2.40. The van der Waals surface area contributed by atoms with Gasteiger partial charge in [0.15, 0.2) is 0 Å². The Balaban J connectivity index is 2.83. The SMILES string of the molecule is CC/C=C(\CC)[Si](C)c1ccccc1. The lowest BCUT2D eigenvalue weighted by Crippen LogP contribution is -2.28. The summed E-state index contributed by atoms with van der Waals surface area (Å²) >= 11 is 0. The van der Waals surface area contributed by atoms with E-state index < -0.39 is 8.80 Å². The van der Waals surface area contributed by atoms with Crippen molar-refractivity contribution in [3.63, 3.8) is 0 Å². The fourth-order valence-electron chi connectivity index (χ4n) is 1.68. The molecule has 75 valence electrons. The Kier molecular flexibility index (Phi) is 4.67. The lowest BCUT2D eigenvalue weighted by Gasteiger charge is -2.12. The zero-order valence-corrected chi connectivity index (χ0v) is 10.4. The van der Waals surface area contributed by atoms with E-state index in [2.05, 4.69) is 56.8 Å². The van der Waals surface area contributed by atoms with Crippen molar-refractivity contribution in [1.82, 2.24) is 0 Å². The molecule has 1 aromatic rings. The van der Waals surface area contributed by atoms with E-state index in [1.54, 1.807) is 5.20 Å². The van der Waals surface area contributed by atoms with Crippen LogP contribution in [0, 0.1) is 0 Å². The molecule has 0 fully saturated rings. The third-order valence-corrected chi connectivity index (χ3v) is 5.24. The molecule has 0 nitrogen and oxygen atoms in total. The average molecular weight is 203 g/mol. The predicted molar refractivity (Wildman–Crippen MR) is 66.4 cm³/mol. The Labute approximate surface area is 89.3 Å². The fraction of sp³-hybridized carbons (Fsp3) is 0.385. The summed E-state index contributed by atoms with van der Waals surface area (Å²) in [6.45, 7) is 6.87. The van der Waals surface area contributed by atoms with Gasteiger partial charge >= 0.3 is 0 Å². The van der Waals surface area contributed by atoms with Crippen molar-refractivity contribution in [3.05, 3.63) is 41.6 Å². The van der Waals surface area contributed by atoms with Gasteiger partial charge in [0, 0.05) is 0 Å². The van der Waals surface area contributed by atoms with Crippen LogP contribution in [0.1, 0.15) is 26.7 Å². The second-order valence-corrected chi connectivity index (χ2v) is 5.95. The average Bonchev–Trinajstić information content (AvgIpc) is 2.26. The zero-order valence-electron chi connectivity index (χ0n) is 9.38. The number of hydrogen-bond donors (Lipinski definition) is 0. The largest absolute Gasteiger partial charge is 0.112 e. The molecule has 0 amide bonds. The van der Waals surface area contributed by atoms with E-state index in [-0.39, 0.29) is 0 Å². The number of benzene rings is 1. The number of allylic oxidation sites excluding steroid dienone is 2. The summed E-state index contributed by atoms with van der Waals surface area (Å²) in [5.74, 6) is 0. The van der Waals surface area contributed by atoms with Crippen LogP contribution in [-0.4, -0.2) is 8.80 Å². The summed E-state index contributed by atoms with van der Waals surface area (Å²) in [7, 11) is -0.458. The highest BCUT2D eigenvalue weighted by atomic mass is 28.3. The molecule has 0 saturated carbocycles. The Morgan fingerprint density at radius 3 is 2.36 bits per heavy atom. The third-order valence-electron chi connectivity index (χ3n) is 2.52. The summed E-state index contributed by atoms with van der Waals surface area (Å²) in [5.41, 5.74) is 0. The number of rotatable bonds is 4. The first kappa shape index (κ1) is 11.3. The second-order valence-electron chi connectivity index (χ2n) is 3.48. The standard InChI is InChI=1S/C13H19Si/c1-4-9-12(5-2)14(3)13-10-7-6-8-11-13/h6-11H,4-5H2,1-3H3/b12-9+. The van der Waals surface area contributed by atoms with Gasteiger partial charge in [0.1, 0.15) is 8.80 Å². The maximum Gasteiger partial charge on any atom is 0.112 e. The number of hydrogen-bond acceptors (Lipinski definition) is 0. The third kappa shape index (κ3) is 2.84. The molecule has 0 saturated heterocycles. The smallest absolute Gasteiger partial charge is 0.0893 e. The van der Waals surface area contributed by atoms with Gasteiger partial charge in [-0.2, -0.15) is 0 Å². The van der Waals surface area contributed by atoms with Crippen LogP contribution < -0.4 is 5.19 Å². The normalized spacial score (nSPS) is 12.1. The molecule has 0 aliphatic rings. The van der Waals surface area contributed by atoms with Crippen molar-refractivity contribution in [2.45, 2.75) is 33.2 Å².